The molecule has 0 amide bonds. The lowest BCUT2D eigenvalue weighted by atomic mass is 10.1. The Balaban J connectivity index is 2.43. The molecular formula is C15H19N3O. The lowest BCUT2D eigenvalue weighted by Gasteiger charge is -2.09. The first-order valence-corrected chi connectivity index (χ1v) is 6.48. The number of nitrogens with zero attached hydrogens (tertiary/aromatic N) is 2. The van der Waals surface area contributed by atoms with Crippen LogP contribution in [0.4, 0.5) is 5.82 Å². The third-order valence-electron chi connectivity index (χ3n) is 2.72. The van der Waals surface area contributed by atoms with E-state index >= 15 is 0 Å². The molecule has 19 heavy (non-hydrogen) atoms. The topological polar surface area (TPSA) is 61.0 Å². The fourth-order valence-corrected chi connectivity index (χ4v) is 1.80. The van der Waals surface area contributed by atoms with Crippen molar-refractivity contribution in [3.63, 3.8) is 0 Å². The Bertz CT molecular complexity index is 567. The van der Waals surface area contributed by atoms with Crippen molar-refractivity contribution in [2.45, 2.75) is 26.7 Å². The maximum absolute atomic E-state index is 5.85. The van der Waals surface area contributed by atoms with Crippen LogP contribution >= 0.6 is 0 Å². The van der Waals surface area contributed by atoms with Crippen LogP contribution in [0.5, 0.6) is 5.75 Å². The Kier molecular flexibility index (Phi) is 4.00. The minimum absolute atomic E-state index is 0.248. The van der Waals surface area contributed by atoms with E-state index in [1.807, 2.05) is 31.2 Å². The number of rotatable bonds is 4. The van der Waals surface area contributed by atoms with Gasteiger partial charge >= 0.3 is 0 Å². The molecule has 0 aliphatic heterocycles. The smallest absolute Gasteiger partial charge is 0.133 e. The molecule has 2 N–H and O–H groups in total. The van der Waals surface area contributed by atoms with Gasteiger partial charge in [0, 0.05) is 17.5 Å². The molecule has 0 fully saturated rings. The zero-order chi connectivity index (χ0) is 13.8. The highest BCUT2D eigenvalue weighted by Crippen LogP contribution is 2.24. The highest BCUT2D eigenvalue weighted by molar-refractivity contribution is 5.63. The van der Waals surface area contributed by atoms with Gasteiger partial charge in [-0.15, -0.1) is 0 Å². The van der Waals surface area contributed by atoms with Crippen molar-refractivity contribution in [3.05, 3.63) is 36.2 Å². The van der Waals surface area contributed by atoms with Crippen molar-refractivity contribution in [1.82, 2.24) is 9.97 Å². The standard InChI is InChI=1S/C15H19N3O/c1-4-19-12-7-5-6-11(8-12)13-9-14(16)18-15(17-13)10(2)3/h5-10H,4H2,1-3H3,(H2,16,17,18). The number of ether oxygens (including phenoxy) is 1. The van der Waals surface area contributed by atoms with Gasteiger partial charge < -0.3 is 10.5 Å². The van der Waals surface area contributed by atoms with E-state index in [9.17, 15) is 0 Å². The predicted molar refractivity (Wildman–Crippen MR) is 77.1 cm³/mol. The molecule has 2 rings (SSSR count). The first-order chi connectivity index (χ1) is 9.10. The van der Waals surface area contributed by atoms with Crippen LogP contribution in [0.1, 0.15) is 32.5 Å². The molecule has 1 aromatic carbocycles. The first kappa shape index (κ1) is 13.3. The van der Waals surface area contributed by atoms with Gasteiger partial charge in [-0.1, -0.05) is 26.0 Å². The third kappa shape index (κ3) is 3.22. The molecule has 1 heterocycles. The number of anilines is 1. The summed E-state index contributed by atoms with van der Waals surface area (Å²) in [5, 5.41) is 0. The van der Waals surface area contributed by atoms with E-state index < -0.39 is 0 Å². The zero-order valence-corrected chi connectivity index (χ0v) is 11.6. The molecule has 0 bridgehead atoms. The number of hydrogen-bond acceptors (Lipinski definition) is 4. The normalized spacial score (nSPS) is 10.7. The fraction of sp³-hybridized carbons (Fsp3) is 0.333. The monoisotopic (exact) mass is 257 g/mol. The molecule has 4 heteroatoms. The summed E-state index contributed by atoms with van der Waals surface area (Å²) in [5.74, 6) is 2.34. The fourth-order valence-electron chi connectivity index (χ4n) is 1.80. The van der Waals surface area contributed by atoms with Gasteiger partial charge in [-0.2, -0.15) is 0 Å². The van der Waals surface area contributed by atoms with Gasteiger partial charge in [-0.05, 0) is 19.1 Å². The van der Waals surface area contributed by atoms with Gasteiger partial charge in [0.2, 0.25) is 0 Å². The van der Waals surface area contributed by atoms with E-state index in [-0.39, 0.29) is 5.92 Å². The lowest BCUT2D eigenvalue weighted by Crippen LogP contribution is -2.03. The van der Waals surface area contributed by atoms with Crippen LogP contribution in [0.2, 0.25) is 0 Å². The highest BCUT2D eigenvalue weighted by atomic mass is 16.5. The number of aromatic nitrogens is 2. The zero-order valence-electron chi connectivity index (χ0n) is 11.6. The van der Waals surface area contributed by atoms with Crippen LogP contribution in [0.3, 0.4) is 0 Å². The van der Waals surface area contributed by atoms with Gasteiger partial charge in [-0.25, -0.2) is 9.97 Å². The summed E-state index contributed by atoms with van der Waals surface area (Å²) in [5.41, 5.74) is 7.67. The summed E-state index contributed by atoms with van der Waals surface area (Å²) in [7, 11) is 0. The Hall–Kier alpha value is -2.10. The second kappa shape index (κ2) is 5.69. The third-order valence-corrected chi connectivity index (χ3v) is 2.72. The summed E-state index contributed by atoms with van der Waals surface area (Å²) in [6, 6.07) is 9.63. The molecule has 1 aromatic heterocycles. The van der Waals surface area contributed by atoms with Crippen molar-refractivity contribution in [3.8, 4) is 17.0 Å². The largest absolute Gasteiger partial charge is 0.494 e. The van der Waals surface area contributed by atoms with Gasteiger partial charge in [0.25, 0.3) is 0 Å². The van der Waals surface area contributed by atoms with Gasteiger partial charge in [-0.3, -0.25) is 0 Å². The summed E-state index contributed by atoms with van der Waals surface area (Å²) in [6.07, 6.45) is 0. The van der Waals surface area contributed by atoms with E-state index in [1.165, 1.54) is 0 Å². The van der Waals surface area contributed by atoms with Crippen LogP contribution in [-0.4, -0.2) is 16.6 Å². The SMILES string of the molecule is CCOc1cccc(-c2cc(N)nc(C(C)C)n2)c1. The minimum atomic E-state index is 0.248. The van der Waals surface area contributed by atoms with Gasteiger partial charge in [0.05, 0.1) is 12.3 Å². The molecule has 0 saturated heterocycles. The first-order valence-electron chi connectivity index (χ1n) is 6.48. The molecule has 0 radical (unpaired) electrons. The van der Waals surface area contributed by atoms with E-state index in [0.717, 1.165) is 22.8 Å². The Morgan fingerprint density at radius 1 is 1.21 bits per heavy atom. The highest BCUT2D eigenvalue weighted by Gasteiger charge is 2.08. The molecule has 0 saturated carbocycles. The van der Waals surface area contributed by atoms with Crippen LogP contribution in [0.25, 0.3) is 11.3 Å². The minimum Gasteiger partial charge on any atom is -0.494 e. The average molecular weight is 257 g/mol. The molecule has 0 aliphatic rings. The summed E-state index contributed by atoms with van der Waals surface area (Å²) in [6.45, 7) is 6.71. The van der Waals surface area contributed by atoms with Crippen molar-refractivity contribution >= 4 is 5.82 Å². The molecule has 0 unspecified atom stereocenters. The Morgan fingerprint density at radius 2 is 2.00 bits per heavy atom. The average Bonchev–Trinajstić information content (AvgIpc) is 2.38. The molecule has 100 valence electrons. The number of nitrogen functional groups attached to an aromatic ring is 1. The molecule has 4 nitrogen and oxygen atoms in total. The maximum atomic E-state index is 5.85. The van der Waals surface area contributed by atoms with E-state index in [2.05, 4.69) is 23.8 Å². The number of nitrogens with two attached hydrogens (primary N) is 1. The predicted octanol–water partition coefficient (Wildman–Crippen LogP) is 3.25. The number of hydrogen-bond donors (Lipinski definition) is 1. The summed E-state index contributed by atoms with van der Waals surface area (Å²) in [4.78, 5) is 8.81. The molecule has 0 atom stereocenters. The second-order valence-corrected chi connectivity index (χ2v) is 4.65. The van der Waals surface area contributed by atoms with Crippen LogP contribution < -0.4 is 10.5 Å². The second-order valence-electron chi connectivity index (χ2n) is 4.65. The molecular weight excluding hydrogens is 238 g/mol. The van der Waals surface area contributed by atoms with Crippen molar-refractivity contribution in [2.75, 3.05) is 12.3 Å². The summed E-state index contributed by atoms with van der Waals surface area (Å²) < 4.78 is 5.50. The van der Waals surface area contributed by atoms with E-state index in [1.54, 1.807) is 6.07 Å². The molecule has 0 aliphatic carbocycles. The van der Waals surface area contributed by atoms with Gasteiger partial charge in [0.1, 0.15) is 17.4 Å². The Labute approximate surface area is 113 Å². The van der Waals surface area contributed by atoms with Crippen LogP contribution in [-0.2, 0) is 0 Å². The van der Waals surface area contributed by atoms with Crippen molar-refractivity contribution < 1.29 is 4.74 Å². The van der Waals surface area contributed by atoms with Crippen LogP contribution in [0, 0.1) is 0 Å². The molecule has 2 aromatic rings. The lowest BCUT2D eigenvalue weighted by molar-refractivity contribution is 0.340. The maximum Gasteiger partial charge on any atom is 0.133 e. The van der Waals surface area contributed by atoms with Crippen molar-refractivity contribution in [2.24, 2.45) is 0 Å². The van der Waals surface area contributed by atoms with E-state index in [4.69, 9.17) is 10.5 Å². The van der Waals surface area contributed by atoms with Gasteiger partial charge in [0.15, 0.2) is 0 Å². The van der Waals surface area contributed by atoms with Crippen LogP contribution in [0.15, 0.2) is 30.3 Å². The molecule has 0 spiro atoms. The Morgan fingerprint density at radius 3 is 2.68 bits per heavy atom. The van der Waals surface area contributed by atoms with Crippen molar-refractivity contribution in [1.29, 1.82) is 0 Å². The number of benzene rings is 1. The summed E-state index contributed by atoms with van der Waals surface area (Å²) >= 11 is 0. The van der Waals surface area contributed by atoms with E-state index in [0.29, 0.717) is 12.4 Å². The quantitative estimate of drug-likeness (QED) is 0.913.